The van der Waals surface area contributed by atoms with Gasteiger partial charge in [-0.25, -0.2) is 0 Å². The van der Waals surface area contributed by atoms with Crippen LogP contribution in [0.3, 0.4) is 0 Å². The number of hydrogen-bond acceptors (Lipinski definition) is 3. The molecule has 3 aliphatic rings. The van der Waals surface area contributed by atoms with Crippen LogP contribution in [0.25, 0.3) is 0 Å². The van der Waals surface area contributed by atoms with Crippen molar-refractivity contribution in [2.45, 2.75) is 57.8 Å². The third-order valence-corrected chi connectivity index (χ3v) is 5.86. The van der Waals surface area contributed by atoms with Gasteiger partial charge in [-0.05, 0) is 74.6 Å². The van der Waals surface area contributed by atoms with E-state index in [1.54, 1.807) is 0 Å². The van der Waals surface area contributed by atoms with Crippen LogP contribution in [0.5, 0.6) is 0 Å². The summed E-state index contributed by atoms with van der Waals surface area (Å²) >= 11 is 0. The van der Waals surface area contributed by atoms with Gasteiger partial charge in [-0.1, -0.05) is 11.6 Å². The number of anilines is 2. The molecule has 0 radical (unpaired) electrons. The molecule has 0 saturated carbocycles. The van der Waals surface area contributed by atoms with Crippen LogP contribution in [0, 0.1) is 0 Å². The molecule has 0 bridgehead atoms. The Bertz CT molecular complexity index is 826. The lowest BCUT2D eigenvalue weighted by Crippen LogP contribution is -2.39. The molecule has 28 heavy (non-hydrogen) atoms. The molecule has 148 valence electrons. The van der Waals surface area contributed by atoms with Crippen molar-refractivity contribution in [2.75, 3.05) is 23.3 Å². The summed E-state index contributed by atoms with van der Waals surface area (Å²) in [5, 5.41) is 5.46. The smallest absolute Gasteiger partial charge is 0.313 e. The summed E-state index contributed by atoms with van der Waals surface area (Å²) in [6.07, 6.45) is 10.7. The maximum absolute atomic E-state index is 12.3. The molecule has 0 atom stereocenters. The van der Waals surface area contributed by atoms with E-state index in [1.807, 2.05) is 17.0 Å². The topological polar surface area (TPSA) is 78.5 Å². The Morgan fingerprint density at radius 3 is 2.57 bits per heavy atom. The SMILES string of the molecule is O=C(NCCC1=CCCCC1)C(=O)Nc1cc2c3c(c1)CCC(=O)N3CCC2. The first kappa shape index (κ1) is 18.7. The highest BCUT2D eigenvalue weighted by Crippen LogP contribution is 2.37. The van der Waals surface area contributed by atoms with E-state index in [1.165, 1.54) is 18.4 Å². The molecule has 3 amide bonds. The van der Waals surface area contributed by atoms with Gasteiger partial charge >= 0.3 is 11.8 Å². The van der Waals surface area contributed by atoms with Crippen molar-refractivity contribution in [1.82, 2.24) is 5.32 Å². The van der Waals surface area contributed by atoms with E-state index >= 15 is 0 Å². The summed E-state index contributed by atoms with van der Waals surface area (Å²) in [5.41, 5.74) is 5.19. The van der Waals surface area contributed by atoms with Gasteiger partial charge in [0.15, 0.2) is 0 Å². The van der Waals surface area contributed by atoms with Gasteiger partial charge in [-0.15, -0.1) is 0 Å². The van der Waals surface area contributed by atoms with Crippen LogP contribution in [-0.2, 0) is 27.2 Å². The van der Waals surface area contributed by atoms with Gasteiger partial charge in [0.1, 0.15) is 0 Å². The summed E-state index contributed by atoms with van der Waals surface area (Å²) in [5.74, 6) is -1.05. The van der Waals surface area contributed by atoms with Gasteiger partial charge in [0.2, 0.25) is 5.91 Å². The van der Waals surface area contributed by atoms with Crippen LogP contribution in [0.4, 0.5) is 11.4 Å². The molecular weight excluding hydrogens is 354 g/mol. The molecule has 4 rings (SSSR count). The first-order valence-corrected chi connectivity index (χ1v) is 10.3. The highest BCUT2D eigenvalue weighted by molar-refractivity contribution is 6.39. The number of nitrogens with zero attached hydrogens (tertiary/aromatic N) is 1. The average Bonchev–Trinajstić information content (AvgIpc) is 2.71. The normalized spacial score (nSPS) is 18.2. The lowest BCUT2D eigenvalue weighted by molar-refractivity contribution is -0.136. The second kappa shape index (κ2) is 8.17. The molecule has 0 spiro atoms. The van der Waals surface area contributed by atoms with Crippen LogP contribution >= 0.6 is 0 Å². The van der Waals surface area contributed by atoms with Gasteiger partial charge in [0.05, 0.1) is 5.69 Å². The molecule has 0 fully saturated rings. The molecule has 0 unspecified atom stereocenters. The van der Waals surface area contributed by atoms with Crippen LogP contribution in [-0.4, -0.2) is 30.8 Å². The first-order valence-electron chi connectivity index (χ1n) is 10.3. The summed E-state index contributed by atoms with van der Waals surface area (Å²) in [6, 6.07) is 3.81. The highest BCUT2D eigenvalue weighted by atomic mass is 16.2. The fraction of sp³-hybridized carbons (Fsp3) is 0.500. The number of hydrogen-bond donors (Lipinski definition) is 2. The first-order chi connectivity index (χ1) is 13.6. The Morgan fingerprint density at radius 2 is 1.79 bits per heavy atom. The second-order valence-electron chi connectivity index (χ2n) is 7.86. The van der Waals surface area contributed by atoms with Crippen LogP contribution in [0.15, 0.2) is 23.8 Å². The van der Waals surface area contributed by atoms with Crippen molar-refractivity contribution in [1.29, 1.82) is 0 Å². The zero-order valence-corrected chi connectivity index (χ0v) is 16.2. The van der Waals surface area contributed by atoms with E-state index in [0.717, 1.165) is 55.5 Å². The molecule has 2 heterocycles. The number of aryl methyl sites for hydroxylation is 2. The van der Waals surface area contributed by atoms with Crippen LogP contribution in [0.2, 0.25) is 0 Å². The maximum atomic E-state index is 12.3. The van der Waals surface area contributed by atoms with E-state index in [2.05, 4.69) is 16.7 Å². The zero-order chi connectivity index (χ0) is 19.5. The monoisotopic (exact) mass is 381 g/mol. The molecular formula is C22H27N3O3. The van der Waals surface area contributed by atoms with Crippen molar-refractivity contribution in [3.8, 4) is 0 Å². The summed E-state index contributed by atoms with van der Waals surface area (Å²) in [6.45, 7) is 1.26. The van der Waals surface area contributed by atoms with Crippen molar-refractivity contribution in [3.63, 3.8) is 0 Å². The molecule has 0 saturated heterocycles. The van der Waals surface area contributed by atoms with Crippen molar-refractivity contribution in [3.05, 3.63) is 34.9 Å². The predicted octanol–water partition coefficient (Wildman–Crippen LogP) is 2.86. The van der Waals surface area contributed by atoms with E-state index in [9.17, 15) is 14.4 Å². The third-order valence-electron chi connectivity index (χ3n) is 5.86. The van der Waals surface area contributed by atoms with E-state index < -0.39 is 11.8 Å². The fourth-order valence-corrected chi connectivity index (χ4v) is 4.46. The number of rotatable bonds is 4. The number of allylic oxidation sites excluding steroid dienone is 1. The Labute approximate surface area is 165 Å². The third kappa shape index (κ3) is 3.96. The molecule has 2 N–H and O–H groups in total. The van der Waals surface area contributed by atoms with Gasteiger partial charge in [-0.2, -0.15) is 0 Å². The van der Waals surface area contributed by atoms with Gasteiger partial charge < -0.3 is 15.5 Å². The summed E-state index contributed by atoms with van der Waals surface area (Å²) in [7, 11) is 0. The Hall–Kier alpha value is -2.63. The van der Waals surface area contributed by atoms with Crippen molar-refractivity contribution >= 4 is 29.1 Å². The van der Waals surface area contributed by atoms with Crippen molar-refractivity contribution in [2.24, 2.45) is 0 Å². The predicted molar refractivity (Wildman–Crippen MR) is 108 cm³/mol. The van der Waals surface area contributed by atoms with Gasteiger partial charge in [-0.3, -0.25) is 14.4 Å². The van der Waals surface area contributed by atoms with E-state index in [0.29, 0.717) is 25.1 Å². The molecule has 0 aromatic heterocycles. The molecule has 1 aliphatic carbocycles. The average molecular weight is 381 g/mol. The van der Waals surface area contributed by atoms with Crippen molar-refractivity contribution < 1.29 is 14.4 Å². The van der Waals surface area contributed by atoms with Crippen LogP contribution in [0.1, 0.15) is 56.1 Å². The zero-order valence-electron chi connectivity index (χ0n) is 16.2. The van der Waals surface area contributed by atoms with Gasteiger partial charge in [0.25, 0.3) is 0 Å². The molecule has 1 aromatic carbocycles. The Kier molecular flexibility index (Phi) is 5.46. The minimum absolute atomic E-state index is 0.178. The molecule has 6 heteroatoms. The number of carbonyl (C=O) groups is 3. The largest absolute Gasteiger partial charge is 0.348 e. The number of carbonyl (C=O) groups excluding carboxylic acids is 3. The lowest BCUT2D eigenvalue weighted by atomic mass is 9.91. The van der Waals surface area contributed by atoms with Crippen LogP contribution < -0.4 is 15.5 Å². The molecule has 2 aliphatic heterocycles. The summed E-state index contributed by atoms with van der Waals surface area (Å²) in [4.78, 5) is 38.4. The standard InChI is InChI=1S/C22H27N3O3/c26-19-9-8-17-14-18(13-16-7-4-12-25(19)20(16)17)24-22(28)21(27)23-11-10-15-5-2-1-3-6-15/h5,13-14H,1-4,6-12H2,(H,23,27)(H,24,28). The minimum atomic E-state index is -0.635. The molecule has 1 aromatic rings. The van der Waals surface area contributed by atoms with E-state index in [4.69, 9.17) is 0 Å². The number of amides is 3. The highest BCUT2D eigenvalue weighted by Gasteiger charge is 2.30. The minimum Gasteiger partial charge on any atom is -0.348 e. The maximum Gasteiger partial charge on any atom is 0.313 e. The quantitative estimate of drug-likeness (QED) is 0.622. The summed E-state index contributed by atoms with van der Waals surface area (Å²) < 4.78 is 0. The van der Waals surface area contributed by atoms with E-state index in [-0.39, 0.29) is 5.91 Å². The van der Waals surface area contributed by atoms with Gasteiger partial charge in [0, 0.05) is 25.2 Å². The lowest BCUT2D eigenvalue weighted by Gasteiger charge is -2.35. The Balaban J connectivity index is 1.37. The second-order valence-corrected chi connectivity index (χ2v) is 7.86. The fourth-order valence-electron chi connectivity index (χ4n) is 4.46. The number of nitrogens with one attached hydrogen (secondary N) is 2. The molecule has 6 nitrogen and oxygen atoms in total. The Morgan fingerprint density at radius 1 is 0.964 bits per heavy atom. The number of benzene rings is 1.